The van der Waals surface area contributed by atoms with Crippen LogP contribution >= 0.6 is 0 Å². The summed E-state index contributed by atoms with van der Waals surface area (Å²) in [7, 11) is 0. The van der Waals surface area contributed by atoms with Crippen molar-refractivity contribution in [3.8, 4) is 0 Å². The zero-order valence-corrected chi connectivity index (χ0v) is 14.9. The van der Waals surface area contributed by atoms with Gasteiger partial charge in [-0.15, -0.1) is 0 Å². The van der Waals surface area contributed by atoms with Crippen molar-refractivity contribution in [1.82, 2.24) is 5.32 Å². The van der Waals surface area contributed by atoms with E-state index in [0.717, 1.165) is 16.7 Å². The minimum Gasteiger partial charge on any atom is -0.372 e. The Kier molecular flexibility index (Phi) is 6.45. The van der Waals surface area contributed by atoms with Crippen molar-refractivity contribution in [2.75, 3.05) is 0 Å². The summed E-state index contributed by atoms with van der Waals surface area (Å²) in [5, 5.41) is 2.55. The summed E-state index contributed by atoms with van der Waals surface area (Å²) in [4.78, 5) is 12.0. The van der Waals surface area contributed by atoms with Crippen LogP contribution < -0.4 is 5.32 Å². The van der Waals surface area contributed by atoms with Crippen molar-refractivity contribution < 1.29 is 22.7 Å². The molecule has 6 heteroatoms. The van der Waals surface area contributed by atoms with Gasteiger partial charge in [0.15, 0.2) is 17.5 Å². The molecular weight excluding hydrogens is 367 g/mol. The van der Waals surface area contributed by atoms with E-state index < -0.39 is 23.4 Å². The molecule has 0 fully saturated rings. The largest absolute Gasteiger partial charge is 0.372 e. The monoisotopic (exact) mass is 385 g/mol. The molecule has 0 spiro atoms. The van der Waals surface area contributed by atoms with Gasteiger partial charge in [0, 0.05) is 12.1 Å². The van der Waals surface area contributed by atoms with E-state index in [1.54, 1.807) is 0 Å². The van der Waals surface area contributed by atoms with Gasteiger partial charge in [-0.3, -0.25) is 4.79 Å². The summed E-state index contributed by atoms with van der Waals surface area (Å²) in [6.07, 6.45) is 0. The number of benzene rings is 3. The number of halogens is 3. The number of rotatable bonds is 7. The minimum atomic E-state index is -1.60. The fourth-order valence-corrected chi connectivity index (χ4v) is 2.59. The Morgan fingerprint density at radius 1 is 0.786 bits per heavy atom. The number of nitrogens with one attached hydrogen (secondary N) is 1. The molecule has 144 valence electrons. The minimum absolute atomic E-state index is 0.171. The summed E-state index contributed by atoms with van der Waals surface area (Å²) >= 11 is 0. The molecule has 0 aliphatic rings. The molecule has 0 aliphatic carbocycles. The normalized spacial score (nSPS) is 10.7. The lowest BCUT2D eigenvalue weighted by Crippen LogP contribution is -2.23. The SMILES string of the molecule is O=C(NCc1ccc(COCc2ccccc2)cc1)c1cc(F)c(F)c(F)c1. The van der Waals surface area contributed by atoms with Gasteiger partial charge in [0.2, 0.25) is 0 Å². The van der Waals surface area contributed by atoms with Crippen molar-refractivity contribution in [3.63, 3.8) is 0 Å². The summed E-state index contributed by atoms with van der Waals surface area (Å²) in [6.45, 7) is 1.14. The average molecular weight is 385 g/mol. The first-order valence-electron chi connectivity index (χ1n) is 8.65. The highest BCUT2D eigenvalue weighted by Gasteiger charge is 2.14. The standard InChI is InChI=1S/C22H18F3NO2/c23-19-10-18(11-20(24)21(19)25)22(27)26-12-15-6-8-17(9-7-15)14-28-13-16-4-2-1-3-5-16/h1-11H,12-14H2,(H,26,27). The Morgan fingerprint density at radius 2 is 1.32 bits per heavy atom. The molecule has 1 N–H and O–H groups in total. The number of hydrogen-bond acceptors (Lipinski definition) is 2. The van der Waals surface area contributed by atoms with Crippen LogP contribution in [0.25, 0.3) is 0 Å². The predicted molar refractivity (Wildman–Crippen MR) is 98.9 cm³/mol. The Labute approximate surface area is 160 Å². The highest BCUT2D eigenvalue weighted by molar-refractivity contribution is 5.94. The number of ether oxygens (including phenoxy) is 1. The molecule has 3 nitrogen and oxygen atoms in total. The zero-order chi connectivity index (χ0) is 19.9. The first-order chi connectivity index (χ1) is 13.5. The van der Waals surface area contributed by atoms with Crippen LogP contribution in [0.3, 0.4) is 0 Å². The Morgan fingerprint density at radius 3 is 1.93 bits per heavy atom. The quantitative estimate of drug-likeness (QED) is 0.596. The van der Waals surface area contributed by atoms with Crippen molar-refractivity contribution in [2.45, 2.75) is 19.8 Å². The molecule has 0 heterocycles. The van der Waals surface area contributed by atoms with Crippen molar-refractivity contribution in [1.29, 1.82) is 0 Å². The van der Waals surface area contributed by atoms with Crippen molar-refractivity contribution >= 4 is 5.91 Å². The molecule has 0 radical (unpaired) electrons. The topological polar surface area (TPSA) is 38.3 Å². The lowest BCUT2D eigenvalue weighted by Gasteiger charge is -2.08. The number of carbonyl (C=O) groups excluding carboxylic acids is 1. The molecule has 0 aromatic heterocycles. The van der Waals surface area contributed by atoms with Gasteiger partial charge < -0.3 is 10.1 Å². The first-order valence-corrected chi connectivity index (χ1v) is 8.65. The highest BCUT2D eigenvalue weighted by atomic mass is 19.2. The van der Waals surface area contributed by atoms with Crippen LogP contribution in [0.2, 0.25) is 0 Å². The van der Waals surface area contributed by atoms with Crippen LogP contribution in [0.15, 0.2) is 66.7 Å². The second-order valence-electron chi connectivity index (χ2n) is 6.23. The summed E-state index contributed by atoms with van der Waals surface area (Å²) in [6, 6.07) is 18.6. The van der Waals surface area contributed by atoms with E-state index in [9.17, 15) is 18.0 Å². The van der Waals surface area contributed by atoms with Crippen LogP contribution in [-0.2, 0) is 24.5 Å². The Balaban J connectivity index is 1.49. The van der Waals surface area contributed by atoms with E-state index in [-0.39, 0.29) is 12.1 Å². The molecule has 3 aromatic carbocycles. The molecule has 0 saturated heterocycles. The maximum atomic E-state index is 13.2. The summed E-state index contributed by atoms with van der Waals surface area (Å²) in [5.41, 5.74) is 2.61. The van der Waals surface area contributed by atoms with Gasteiger partial charge in [-0.1, -0.05) is 54.6 Å². The van der Waals surface area contributed by atoms with Crippen LogP contribution in [0, 0.1) is 17.5 Å². The smallest absolute Gasteiger partial charge is 0.251 e. The zero-order valence-electron chi connectivity index (χ0n) is 14.9. The van der Waals surface area contributed by atoms with Gasteiger partial charge in [0.05, 0.1) is 13.2 Å². The number of amides is 1. The number of hydrogen-bond donors (Lipinski definition) is 1. The molecule has 0 saturated carbocycles. The van der Waals surface area contributed by atoms with E-state index in [0.29, 0.717) is 25.3 Å². The van der Waals surface area contributed by atoms with Crippen LogP contribution in [0.5, 0.6) is 0 Å². The third kappa shape index (κ3) is 5.20. The van der Waals surface area contributed by atoms with Gasteiger partial charge in [0.1, 0.15) is 0 Å². The van der Waals surface area contributed by atoms with Crippen LogP contribution in [-0.4, -0.2) is 5.91 Å². The molecule has 0 unspecified atom stereocenters. The lowest BCUT2D eigenvalue weighted by molar-refractivity contribution is 0.0949. The molecule has 28 heavy (non-hydrogen) atoms. The van der Waals surface area contributed by atoms with Gasteiger partial charge in [0.25, 0.3) is 5.91 Å². The van der Waals surface area contributed by atoms with Gasteiger partial charge >= 0.3 is 0 Å². The van der Waals surface area contributed by atoms with Crippen molar-refractivity contribution in [2.24, 2.45) is 0 Å². The van der Waals surface area contributed by atoms with E-state index in [1.165, 1.54) is 0 Å². The van der Waals surface area contributed by atoms with Crippen LogP contribution in [0.1, 0.15) is 27.0 Å². The van der Waals surface area contributed by atoms with Crippen molar-refractivity contribution in [3.05, 3.63) is 106 Å². The third-order valence-electron chi connectivity index (χ3n) is 4.10. The molecule has 3 rings (SSSR count). The fraction of sp³-hybridized carbons (Fsp3) is 0.136. The summed E-state index contributed by atoms with van der Waals surface area (Å²) < 4.78 is 45.0. The van der Waals surface area contributed by atoms with Gasteiger partial charge in [-0.2, -0.15) is 0 Å². The van der Waals surface area contributed by atoms with E-state index in [1.807, 2.05) is 54.6 Å². The van der Waals surface area contributed by atoms with E-state index >= 15 is 0 Å². The first kappa shape index (κ1) is 19.6. The summed E-state index contributed by atoms with van der Waals surface area (Å²) in [5.74, 6) is -5.08. The molecule has 0 aliphatic heterocycles. The van der Waals surface area contributed by atoms with Crippen LogP contribution in [0.4, 0.5) is 13.2 Å². The van der Waals surface area contributed by atoms with E-state index in [2.05, 4.69) is 5.32 Å². The van der Waals surface area contributed by atoms with Gasteiger partial charge in [-0.25, -0.2) is 13.2 Å². The number of carbonyl (C=O) groups is 1. The van der Waals surface area contributed by atoms with Gasteiger partial charge in [-0.05, 0) is 28.8 Å². The highest BCUT2D eigenvalue weighted by Crippen LogP contribution is 2.14. The second kappa shape index (κ2) is 9.19. The maximum absolute atomic E-state index is 13.2. The molecule has 0 atom stereocenters. The second-order valence-corrected chi connectivity index (χ2v) is 6.23. The lowest BCUT2D eigenvalue weighted by atomic mass is 10.1. The Bertz CT molecular complexity index is 921. The molecule has 0 bridgehead atoms. The maximum Gasteiger partial charge on any atom is 0.251 e. The Hall–Kier alpha value is -3.12. The fourth-order valence-electron chi connectivity index (χ4n) is 2.59. The molecule has 3 aromatic rings. The average Bonchev–Trinajstić information content (AvgIpc) is 2.71. The third-order valence-corrected chi connectivity index (χ3v) is 4.10. The molecule has 1 amide bonds. The molecular formula is C22H18F3NO2. The predicted octanol–water partition coefficient (Wildman–Crippen LogP) is 4.75. The van der Waals surface area contributed by atoms with E-state index in [4.69, 9.17) is 4.74 Å².